The van der Waals surface area contributed by atoms with Crippen molar-refractivity contribution >= 4 is 28.7 Å². The maximum Gasteiger partial charge on any atom is 0.407 e. The van der Waals surface area contributed by atoms with E-state index in [-0.39, 0.29) is 30.3 Å². The molecule has 9 nitrogen and oxygen atoms in total. The zero-order chi connectivity index (χ0) is 30.1. The topological polar surface area (TPSA) is 119 Å². The molecule has 0 fully saturated rings. The van der Waals surface area contributed by atoms with Crippen molar-refractivity contribution in [3.63, 3.8) is 0 Å². The number of ether oxygens (including phenoxy) is 1. The third kappa shape index (κ3) is 5.63. The van der Waals surface area contributed by atoms with E-state index < -0.39 is 24.1 Å². The Morgan fingerprint density at radius 3 is 2.47 bits per heavy atom. The maximum atomic E-state index is 13.4. The van der Waals surface area contributed by atoms with Crippen LogP contribution in [0.15, 0.2) is 78.9 Å². The first kappa shape index (κ1) is 28.2. The van der Waals surface area contributed by atoms with Crippen molar-refractivity contribution in [1.29, 1.82) is 0 Å². The molecule has 3 N–H and O–H groups in total. The number of hydrogen-bond donors (Lipinski definition) is 3. The second-order valence-electron chi connectivity index (χ2n) is 11.0. The molecule has 2 aliphatic heterocycles. The van der Waals surface area contributed by atoms with E-state index in [0.717, 1.165) is 33.0 Å². The molecular formula is C34H33N3O6. The van der Waals surface area contributed by atoms with Gasteiger partial charge in [-0.05, 0) is 64.6 Å². The maximum absolute atomic E-state index is 13.4. The molecule has 0 spiro atoms. The second kappa shape index (κ2) is 11.8. The van der Waals surface area contributed by atoms with E-state index in [1.165, 1.54) is 4.90 Å². The molecule has 0 saturated carbocycles. The molecule has 3 amide bonds. The van der Waals surface area contributed by atoms with Gasteiger partial charge in [0.1, 0.15) is 5.75 Å². The first-order valence-corrected chi connectivity index (χ1v) is 14.4. The molecule has 0 saturated heterocycles. The predicted octanol–water partition coefficient (Wildman–Crippen LogP) is 4.59. The smallest absolute Gasteiger partial charge is 0.407 e. The second-order valence-corrected chi connectivity index (χ2v) is 11.0. The number of carbonyl (C=O) groups excluding carboxylic acids is 2. The highest BCUT2D eigenvalue weighted by Crippen LogP contribution is 2.32. The molecule has 4 aromatic rings. The Labute approximate surface area is 249 Å². The average molecular weight is 580 g/mol. The zero-order valence-electron chi connectivity index (χ0n) is 23.8. The SMILES string of the molecule is CCOc1cc2c(cc1C(=O)NC[C@@H](O)C1Cc3ccccc3CN1C(=O)O)CN(Cc1ccc3ccccc3c1)C2=O. The lowest BCUT2D eigenvalue weighted by Crippen LogP contribution is -2.53. The van der Waals surface area contributed by atoms with Crippen LogP contribution in [0, 0.1) is 0 Å². The molecule has 4 aromatic carbocycles. The Hall–Kier alpha value is -4.89. The van der Waals surface area contributed by atoms with Crippen LogP contribution in [0.3, 0.4) is 0 Å². The summed E-state index contributed by atoms with van der Waals surface area (Å²) in [4.78, 5) is 41.7. The van der Waals surface area contributed by atoms with Gasteiger partial charge in [-0.15, -0.1) is 0 Å². The molecule has 43 heavy (non-hydrogen) atoms. The van der Waals surface area contributed by atoms with E-state index in [1.807, 2.05) is 60.7 Å². The third-order valence-electron chi connectivity index (χ3n) is 8.27. The summed E-state index contributed by atoms with van der Waals surface area (Å²) < 4.78 is 5.76. The lowest BCUT2D eigenvalue weighted by atomic mass is 9.91. The van der Waals surface area contributed by atoms with Crippen molar-refractivity contribution in [3.8, 4) is 5.75 Å². The predicted molar refractivity (Wildman–Crippen MR) is 161 cm³/mol. The van der Waals surface area contributed by atoms with Gasteiger partial charge < -0.3 is 25.2 Å². The number of benzene rings is 4. The van der Waals surface area contributed by atoms with Gasteiger partial charge in [0, 0.05) is 31.7 Å². The van der Waals surface area contributed by atoms with Crippen LogP contribution >= 0.6 is 0 Å². The van der Waals surface area contributed by atoms with E-state index in [9.17, 15) is 24.6 Å². The van der Waals surface area contributed by atoms with Crippen molar-refractivity contribution in [1.82, 2.24) is 15.1 Å². The number of amides is 3. The first-order valence-electron chi connectivity index (χ1n) is 14.4. The fourth-order valence-electron chi connectivity index (χ4n) is 6.07. The Morgan fingerprint density at radius 2 is 1.70 bits per heavy atom. The summed E-state index contributed by atoms with van der Waals surface area (Å²) in [5.41, 5.74) is 4.38. The number of carboxylic acid groups (broad SMARTS) is 1. The quantitative estimate of drug-likeness (QED) is 0.281. The summed E-state index contributed by atoms with van der Waals surface area (Å²) >= 11 is 0. The van der Waals surface area contributed by atoms with Crippen LogP contribution < -0.4 is 10.1 Å². The van der Waals surface area contributed by atoms with Crippen LogP contribution in [-0.4, -0.2) is 63.2 Å². The van der Waals surface area contributed by atoms with Crippen molar-refractivity contribution in [2.24, 2.45) is 0 Å². The van der Waals surface area contributed by atoms with Crippen molar-refractivity contribution in [2.75, 3.05) is 13.2 Å². The molecule has 9 heteroatoms. The van der Waals surface area contributed by atoms with Gasteiger partial charge in [-0.3, -0.25) is 14.5 Å². The Balaban J connectivity index is 1.17. The van der Waals surface area contributed by atoms with E-state index in [1.54, 1.807) is 24.0 Å². The number of rotatable bonds is 8. The minimum Gasteiger partial charge on any atom is -0.493 e. The lowest BCUT2D eigenvalue weighted by molar-refractivity contribution is 0.0382. The molecule has 0 aliphatic carbocycles. The van der Waals surface area contributed by atoms with Gasteiger partial charge in [-0.25, -0.2) is 4.79 Å². The highest BCUT2D eigenvalue weighted by atomic mass is 16.5. The Kier molecular flexibility index (Phi) is 7.73. The molecule has 2 heterocycles. The van der Waals surface area contributed by atoms with Crippen LogP contribution in [0.5, 0.6) is 5.75 Å². The number of hydrogen-bond acceptors (Lipinski definition) is 5. The van der Waals surface area contributed by atoms with Crippen LogP contribution in [0.1, 0.15) is 49.9 Å². The van der Waals surface area contributed by atoms with Crippen LogP contribution in [0.25, 0.3) is 10.8 Å². The van der Waals surface area contributed by atoms with Gasteiger partial charge in [-0.2, -0.15) is 0 Å². The number of nitrogens with one attached hydrogen (secondary N) is 1. The van der Waals surface area contributed by atoms with Crippen LogP contribution in [-0.2, 0) is 26.1 Å². The van der Waals surface area contributed by atoms with Gasteiger partial charge >= 0.3 is 6.09 Å². The molecule has 0 radical (unpaired) electrons. The summed E-state index contributed by atoms with van der Waals surface area (Å²) in [5.74, 6) is -0.311. The minimum atomic E-state index is -1.13. The molecule has 0 bridgehead atoms. The van der Waals surface area contributed by atoms with Gasteiger partial charge in [-0.1, -0.05) is 60.7 Å². The van der Waals surface area contributed by atoms with Crippen LogP contribution in [0.2, 0.25) is 0 Å². The summed E-state index contributed by atoms with van der Waals surface area (Å²) in [5, 5.41) is 25.8. The Morgan fingerprint density at radius 1 is 0.953 bits per heavy atom. The average Bonchev–Trinajstić information content (AvgIpc) is 3.32. The molecular weight excluding hydrogens is 546 g/mol. The van der Waals surface area contributed by atoms with Crippen LogP contribution in [0.4, 0.5) is 4.79 Å². The highest BCUT2D eigenvalue weighted by Gasteiger charge is 2.35. The van der Waals surface area contributed by atoms with Gasteiger partial charge in [0.15, 0.2) is 0 Å². The zero-order valence-corrected chi connectivity index (χ0v) is 23.8. The van der Waals surface area contributed by atoms with Gasteiger partial charge in [0.2, 0.25) is 0 Å². The largest absolute Gasteiger partial charge is 0.493 e. The molecule has 220 valence electrons. The molecule has 1 unspecified atom stereocenters. The van der Waals surface area contributed by atoms with Crippen molar-refractivity contribution in [2.45, 2.75) is 45.1 Å². The van der Waals surface area contributed by atoms with E-state index >= 15 is 0 Å². The molecule has 2 aliphatic rings. The third-order valence-corrected chi connectivity index (χ3v) is 8.27. The number of aliphatic hydroxyl groups excluding tert-OH is 1. The normalized spacial score (nSPS) is 16.5. The van der Waals surface area contributed by atoms with Crippen molar-refractivity contribution in [3.05, 3.63) is 112 Å². The minimum absolute atomic E-state index is 0.127. The number of carbonyl (C=O) groups is 3. The van der Waals surface area contributed by atoms with E-state index in [4.69, 9.17) is 4.74 Å². The number of fused-ring (bicyclic) bond motifs is 3. The van der Waals surface area contributed by atoms with E-state index in [0.29, 0.717) is 31.7 Å². The Bertz CT molecular complexity index is 1720. The van der Waals surface area contributed by atoms with Crippen molar-refractivity contribution < 1.29 is 29.3 Å². The fourth-order valence-corrected chi connectivity index (χ4v) is 6.07. The standard InChI is InChI=1S/C34H33N3O6/c1-2-43-31-16-27-26(19-36(33(27)40)18-21-11-12-22-7-3-4-8-23(22)13-21)14-28(31)32(39)35-17-30(38)29-15-24-9-5-6-10-25(24)20-37(29)34(41)42/h3-14,16,29-30,38H,2,15,17-20H2,1H3,(H,35,39)(H,41,42)/t29?,30-/m1/s1. The number of nitrogens with zero attached hydrogens (tertiary/aromatic N) is 2. The van der Waals surface area contributed by atoms with Gasteiger partial charge in [0.25, 0.3) is 11.8 Å². The molecule has 2 atom stereocenters. The fraction of sp³-hybridized carbons (Fsp3) is 0.265. The number of aliphatic hydroxyl groups is 1. The summed E-state index contributed by atoms with van der Waals surface area (Å²) in [7, 11) is 0. The first-order chi connectivity index (χ1) is 20.8. The summed E-state index contributed by atoms with van der Waals surface area (Å²) in [6.45, 7) is 2.90. The molecule has 6 rings (SSSR count). The highest BCUT2D eigenvalue weighted by molar-refractivity contribution is 6.03. The monoisotopic (exact) mass is 579 g/mol. The summed E-state index contributed by atoms with van der Waals surface area (Å²) in [6, 6.07) is 24.4. The molecule has 0 aromatic heterocycles. The summed E-state index contributed by atoms with van der Waals surface area (Å²) in [6.07, 6.45) is -1.91. The lowest BCUT2D eigenvalue weighted by Gasteiger charge is -2.37. The van der Waals surface area contributed by atoms with E-state index in [2.05, 4.69) is 11.4 Å². The van der Waals surface area contributed by atoms with Gasteiger partial charge in [0.05, 0.1) is 24.3 Å².